The average molecular weight is 329 g/mol. The van der Waals surface area contributed by atoms with E-state index in [1.165, 1.54) is 31.7 Å². The minimum Gasteiger partial charge on any atom is -0.392 e. The van der Waals surface area contributed by atoms with E-state index in [0.717, 1.165) is 11.3 Å². The fourth-order valence-electron chi connectivity index (χ4n) is 4.16. The molecule has 128 valence electrons. The third-order valence-corrected chi connectivity index (χ3v) is 5.34. The first-order valence-corrected chi connectivity index (χ1v) is 8.90. The number of likely N-dealkylation sites (tertiary alicyclic amines) is 1. The van der Waals surface area contributed by atoms with Crippen LogP contribution in [0.2, 0.25) is 0 Å². The normalized spacial score (nSPS) is 25.6. The van der Waals surface area contributed by atoms with Gasteiger partial charge in [0.05, 0.1) is 17.8 Å². The lowest BCUT2D eigenvalue weighted by Gasteiger charge is -2.23. The number of nitrogens with zero attached hydrogens (tertiary/aromatic N) is 3. The molecule has 2 aliphatic rings. The van der Waals surface area contributed by atoms with Crippen molar-refractivity contribution in [2.45, 2.75) is 56.8 Å². The zero-order valence-electron chi connectivity index (χ0n) is 13.8. The van der Waals surface area contributed by atoms with Gasteiger partial charge in [-0.1, -0.05) is 25.0 Å². The number of aliphatic hydroxyl groups is 1. The summed E-state index contributed by atoms with van der Waals surface area (Å²) < 4.78 is 15.7. The Morgan fingerprint density at radius 1 is 1.21 bits per heavy atom. The third-order valence-electron chi connectivity index (χ3n) is 5.34. The lowest BCUT2D eigenvalue weighted by atomic mass is 10.0. The molecule has 1 aliphatic carbocycles. The lowest BCUT2D eigenvalue weighted by Crippen LogP contribution is -2.24. The summed E-state index contributed by atoms with van der Waals surface area (Å²) in [5.74, 6) is -0.223. The molecule has 2 fully saturated rings. The summed E-state index contributed by atoms with van der Waals surface area (Å²) in [6.45, 7) is 1.30. The Morgan fingerprint density at radius 2 is 2.04 bits per heavy atom. The van der Waals surface area contributed by atoms with E-state index < -0.39 is 0 Å². The summed E-state index contributed by atoms with van der Waals surface area (Å²) in [4.78, 5) is 2.21. The van der Waals surface area contributed by atoms with E-state index in [0.29, 0.717) is 25.6 Å². The Kier molecular flexibility index (Phi) is 4.37. The van der Waals surface area contributed by atoms with Crippen molar-refractivity contribution in [3.05, 3.63) is 53.6 Å². The minimum absolute atomic E-state index is 0.0485. The Balaban J connectivity index is 1.50. The van der Waals surface area contributed by atoms with Gasteiger partial charge in [-0.05, 0) is 43.0 Å². The van der Waals surface area contributed by atoms with Crippen molar-refractivity contribution in [1.29, 1.82) is 0 Å². The van der Waals surface area contributed by atoms with Crippen molar-refractivity contribution < 1.29 is 9.50 Å². The van der Waals surface area contributed by atoms with Gasteiger partial charge in [-0.3, -0.25) is 9.58 Å². The van der Waals surface area contributed by atoms with Crippen molar-refractivity contribution in [2.75, 3.05) is 6.54 Å². The van der Waals surface area contributed by atoms with E-state index in [1.54, 1.807) is 12.1 Å². The highest BCUT2D eigenvalue weighted by Gasteiger charge is 2.32. The third kappa shape index (κ3) is 3.23. The van der Waals surface area contributed by atoms with Crippen LogP contribution < -0.4 is 0 Å². The van der Waals surface area contributed by atoms with Crippen molar-refractivity contribution in [3.63, 3.8) is 0 Å². The molecule has 1 N–H and O–H groups in total. The summed E-state index contributed by atoms with van der Waals surface area (Å²) in [6.07, 6.45) is 7.38. The highest BCUT2D eigenvalue weighted by atomic mass is 19.1. The van der Waals surface area contributed by atoms with Crippen LogP contribution in [0.25, 0.3) is 0 Å². The molecule has 1 aromatic carbocycles. The van der Waals surface area contributed by atoms with Crippen LogP contribution in [0.4, 0.5) is 4.39 Å². The number of hydrogen-bond acceptors (Lipinski definition) is 3. The van der Waals surface area contributed by atoms with Crippen LogP contribution in [0.3, 0.4) is 0 Å². The number of rotatable bonds is 4. The molecule has 0 radical (unpaired) electrons. The van der Waals surface area contributed by atoms with E-state index in [1.807, 2.05) is 6.07 Å². The fraction of sp³-hybridized carbons (Fsp3) is 0.526. The second-order valence-corrected chi connectivity index (χ2v) is 7.12. The monoisotopic (exact) mass is 329 g/mol. The molecule has 0 bridgehead atoms. The molecule has 1 saturated heterocycles. The maximum absolute atomic E-state index is 13.6. The second kappa shape index (κ2) is 6.65. The minimum atomic E-state index is -0.366. The molecule has 1 saturated carbocycles. The number of benzene rings is 1. The van der Waals surface area contributed by atoms with Gasteiger partial charge in [0, 0.05) is 25.3 Å². The van der Waals surface area contributed by atoms with Crippen LogP contribution >= 0.6 is 0 Å². The van der Waals surface area contributed by atoms with Gasteiger partial charge in [0.25, 0.3) is 0 Å². The lowest BCUT2D eigenvalue weighted by molar-refractivity contribution is 0.172. The number of halogens is 1. The molecule has 4 nitrogen and oxygen atoms in total. The number of aromatic nitrogens is 2. The summed E-state index contributed by atoms with van der Waals surface area (Å²) in [7, 11) is 0. The van der Waals surface area contributed by atoms with Gasteiger partial charge in [0.15, 0.2) is 0 Å². The molecule has 0 unspecified atom stereocenters. The summed E-state index contributed by atoms with van der Waals surface area (Å²) in [5.41, 5.74) is 1.96. The Morgan fingerprint density at radius 3 is 2.83 bits per heavy atom. The molecular weight excluding hydrogens is 305 g/mol. The highest BCUT2D eigenvalue weighted by molar-refractivity contribution is 5.22. The van der Waals surface area contributed by atoms with Gasteiger partial charge < -0.3 is 5.11 Å². The fourth-order valence-corrected chi connectivity index (χ4v) is 4.16. The van der Waals surface area contributed by atoms with Crippen LogP contribution in [0.1, 0.15) is 55.4 Å². The smallest absolute Gasteiger partial charge is 0.123 e. The van der Waals surface area contributed by atoms with Crippen molar-refractivity contribution in [2.24, 2.45) is 0 Å². The van der Waals surface area contributed by atoms with E-state index >= 15 is 0 Å². The van der Waals surface area contributed by atoms with E-state index in [-0.39, 0.29) is 18.0 Å². The summed E-state index contributed by atoms with van der Waals surface area (Å²) >= 11 is 0. The molecule has 24 heavy (non-hydrogen) atoms. The first-order chi connectivity index (χ1) is 11.7. The zero-order chi connectivity index (χ0) is 16.5. The van der Waals surface area contributed by atoms with E-state index in [4.69, 9.17) is 5.10 Å². The van der Waals surface area contributed by atoms with Crippen LogP contribution in [0.5, 0.6) is 0 Å². The van der Waals surface area contributed by atoms with Crippen molar-refractivity contribution in [3.8, 4) is 0 Å². The van der Waals surface area contributed by atoms with Gasteiger partial charge >= 0.3 is 0 Å². The zero-order valence-corrected chi connectivity index (χ0v) is 13.8. The van der Waals surface area contributed by atoms with E-state index in [2.05, 4.69) is 21.8 Å². The topological polar surface area (TPSA) is 41.3 Å². The number of aliphatic hydroxyl groups excluding tert-OH is 1. The molecule has 2 atom stereocenters. The average Bonchev–Trinajstić information content (AvgIpc) is 3.28. The molecule has 2 aromatic rings. The van der Waals surface area contributed by atoms with Gasteiger partial charge in [-0.25, -0.2) is 4.39 Å². The van der Waals surface area contributed by atoms with E-state index in [9.17, 15) is 9.50 Å². The molecule has 0 amide bonds. The Labute approximate surface area is 141 Å². The van der Waals surface area contributed by atoms with Crippen LogP contribution in [-0.2, 0) is 6.54 Å². The predicted molar refractivity (Wildman–Crippen MR) is 89.9 cm³/mol. The summed E-state index contributed by atoms with van der Waals surface area (Å²) in [6, 6.07) is 9.38. The van der Waals surface area contributed by atoms with Crippen LogP contribution in [0.15, 0.2) is 36.5 Å². The SMILES string of the molecule is O[C@H]1C[C@H](c2cccc(F)c2)N(Cc2ccn(C3CCCC3)n2)C1. The van der Waals surface area contributed by atoms with Gasteiger partial charge in [-0.15, -0.1) is 0 Å². The van der Waals surface area contributed by atoms with Crippen LogP contribution in [0, 0.1) is 5.82 Å². The van der Waals surface area contributed by atoms with Gasteiger partial charge in [-0.2, -0.15) is 5.10 Å². The highest BCUT2D eigenvalue weighted by Crippen LogP contribution is 2.34. The largest absolute Gasteiger partial charge is 0.392 e. The molecule has 2 heterocycles. The quantitative estimate of drug-likeness (QED) is 0.934. The van der Waals surface area contributed by atoms with Crippen molar-refractivity contribution >= 4 is 0 Å². The first-order valence-electron chi connectivity index (χ1n) is 8.90. The summed E-state index contributed by atoms with van der Waals surface area (Å²) in [5, 5.41) is 14.8. The second-order valence-electron chi connectivity index (χ2n) is 7.12. The molecule has 1 aromatic heterocycles. The molecular formula is C19H24FN3O. The molecule has 1 aliphatic heterocycles. The van der Waals surface area contributed by atoms with Gasteiger partial charge in [0.1, 0.15) is 5.82 Å². The molecule has 0 spiro atoms. The van der Waals surface area contributed by atoms with Crippen LogP contribution in [-0.4, -0.2) is 32.4 Å². The van der Waals surface area contributed by atoms with Gasteiger partial charge in [0.2, 0.25) is 0 Å². The first kappa shape index (κ1) is 15.8. The molecule has 5 heteroatoms. The predicted octanol–water partition coefficient (Wildman–Crippen LogP) is 3.45. The Hall–Kier alpha value is -1.72. The molecule has 4 rings (SSSR count). The standard InChI is InChI=1S/C19H24FN3O/c20-15-5-3-4-14(10-15)19-11-18(24)13-22(19)12-16-8-9-23(21-16)17-6-1-2-7-17/h3-5,8-10,17-19,24H,1-2,6-7,11-13H2/t18-,19+/m0/s1. The number of β-amino-alcohol motifs (C(OH)–C–C–N with tert-alkyl or cyclic N) is 1. The number of hydrogen-bond donors (Lipinski definition) is 1. The maximum atomic E-state index is 13.6. The Bertz CT molecular complexity index is 695. The maximum Gasteiger partial charge on any atom is 0.123 e. The van der Waals surface area contributed by atoms with Crippen molar-refractivity contribution in [1.82, 2.24) is 14.7 Å².